The van der Waals surface area contributed by atoms with Crippen molar-refractivity contribution in [3.63, 3.8) is 0 Å². The number of rotatable bonds is 4. The number of fused-ring (bicyclic) bond motifs is 1. The van der Waals surface area contributed by atoms with E-state index in [9.17, 15) is 9.59 Å². The minimum atomic E-state index is -0.606. The number of ether oxygens (including phenoxy) is 1. The normalized spacial score (nSPS) is 17.7. The molecule has 0 saturated heterocycles. The molecule has 0 fully saturated rings. The summed E-state index contributed by atoms with van der Waals surface area (Å²) < 4.78 is 5.58. The molecule has 1 aliphatic heterocycles. The van der Waals surface area contributed by atoms with Crippen molar-refractivity contribution in [2.45, 2.75) is 26.0 Å². The standard InChI is InChI=1S/C18H19N3O3/c1-12(14-7-9-19-10-8-14)20-17(22)11-21-15-5-3-4-6-16(15)24-13(2)18(21)23/h3-10,12-13H,11H2,1-2H3,(H,20,22). The van der Waals surface area contributed by atoms with Crippen LogP contribution < -0.4 is 15.0 Å². The Morgan fingerprint density at radius 3 is 2.75 bits per heavy atom. The molecule has 1 aromatic carbocycles. The molecule has 2 heterocycles. The second-order valence-corrected chi connectivity index (χ2v) is 5.72. The number of nitrogens with one attached hydrogen (secondary N) is 1. The summed E-state index contributed by atoms with van der Waals surface area (Å²) >= 11 is 0. The molecule has 2 aromatic rings. The minimum Gasteiger partial charge on any atom is -0.479 e. The van der Waals surface area contributed by atoms with Crippen LogP contribution in [-0.4, -0.2) is 29.4 Å². The van der Waals surface area contributed by atoms with E-state index in [2.05, 4.69) is 10.3 Å². The zero-order valence-electron chi connectivity index (χ0n) is 13.6. The van der Waals surface area contributed by atoms with Crippen molar-refractivity contribution in [3.8, 4) is 5.75 Å². The zero-order chi connectivity index (χ0) is 17.1. The van der Waals surface area contributed by atoms with Gasteiger partial charge in [0.25, 0.3) is 5.91 Å². The summed E-state index contributed by atoms with van der Waals surface area (Å²) in [6.45, 7) is 3.53. The monoisotopic (exact) mass is 325 g/mol. The molecule has 1 N–H and O–H groups in total. The summed E-state index contributed by atoms with van der Waals surface area (Å²) in [4.78, 5) is 30.2. The maximum absolute atomic E-state index is 12.4. The average Bonchev–Trinajstić information content (AvgIpc) is 2.59. The van der Waals surface area contributed by atoms with Crippen molar-refractivity contribution in [1.29, 1.82) is 0 Å². The first-order valence-electron chi connectivity index (χ1n) is 7.82. The maximum atomic E-state index is 12.4. The molecule has 0 radical (unpaired) electrons. The van der Waals surface area contributed by atoms with Crippen LogP contribution in [0.15, 0.2) is 48.8 Å². The molecular weight excluding hydrogens is 306 g/mol. The van der Waals surface area contributed by atoms with Gasteiger partial charge in [0, 0.05) is 12.4 Å². The number of carbonyl (C=O) groups excluding carboxylic acids is 2. The average molecular weight is 325 g/mol. The lowest BCUT2D eigenvalue weighted by molar-refractivity contribution is -0.128. The first kappa shape index (κ1) is 16.0. The molecule has 0 spiro atoms. The van der Waals surface area contributed by atoms with E-state index in [0.29, 0.717) is 11.4 Å². The van der Waals surface area contributed by atoms with Gasteiger partial charge in [-0.2, -0.15) is 0 Å². The lowest BCUT2D eigenvalue weighted by Crippen LogP contribution is -2.49. The SMILES string of the molecule is CC1Oc2ccccc2N(CC(=O)NC(C)c2ccncc2)C1=O. The molecule has 3 rings (SSSR count). The molecule has 1 aliphatic rings. The number of aromatic nitrogens is 1. The number of anilines is 1. The second-order valence-electron chi connectivity index (χ2n) is 5.72. The van der Waals surface area contributed by atoms with Gasteiger partial charge >= 0.3 is 0 Å². The van der Waals surface area contributed by atoms with Crippen molar-refractivity contribution in [2.24, 2.45) is 0 Å². The highest BCUT2D eigenvalue weighted by Crippen LogP contribution is 2.33. The first-order chi connectivity index (χ1) is 11.6. The van der Waals surface area contributed by atoms with Gasteiger partial charge < -0.3 is 10.1 Å². The van der Waals surface area contributed by atoms with Gasteiger partial charge in [-0.1, -0.05) is 12.1 Å². The Morgan fingerprint density at radius 1 is 1.29 bits per heavy atom. The van der Waals surface area contributed by atoms with Crippen LogP contribution in [-0.2, 0) is 9.59 Å². The minimum absolute atomic E-state index is 0.0427. The fourth-order valence-electron chi connectivity index (χ4n) is 2.69. The lowest BCUT2D eigenvalue weighted by Gasteiger charge is -2.32. The molecule has 124 valence electrons. The number of para-hydroxylation sites is 2. The van der Waals surface area contributed by atoms with Gasteiger partial charge in [-0.3, -0.25) is 19.5 Å². The fraction of sp³-hybridized carbons (Fsp3) is 0.278. The van der Waals surface area contributed by atoms with Gasteiger partial charge in [0.1, 0.15) is 12.3 Å². The lowest BCUT2D eigenvalue weighted by atomic mass is 10.1. The van der Waals surface area contributed by atoms with E-state index in [-0.39, 0.29) is 24.4 Å². The van der Waals surface area contributed by atoms with E-state index in [1.165, 1.54) is 4.90 Å². The van der Waals surface area contributed by atoms with Crippen molar-refractivity contribution < 1.29 is 14.3 Å². The molecule has 0 saturated carbocycles. The smallest absolute Gasteiger partial charge is 0.268 e. The molecule has 6 heteroatoms. The van der Waals surface area contributed by atoms with Crippen LogP contribution in [0, 0.1) is 0 Å². The predicted octanol–water partition coefficient (Wildman–Crippen LogP) is 2.07. The summed E-state index contributed by atoms with van der Waals surface area (Å²) in [6.07, 6.45) is 2.76. The van der Waals surface area contributed by atoms with Crippen molar-refractivity contribution in [3.05, 3.63) is 54.4 Å². The van der Waals surface area contributed by atoms with Gasteiger partial charge in [-0.15, -0.1) is 0 Å². The second kappa shape index (κ2) is 6.70. The summed E-state index contributed by atoms with van der Waals surface area (Å²) in [7, 11) is 0. The Hall–Kier alpha value is -2.89. The van der Waals surface area contributed by atoms with E-state index in [4.69, 9.17) is 4.74 Å². The number of hydrogen-bond donors (Lipinski definition) is 1. The van der Waals surface area contributed by atoms with Crippen LogP contribution in [0.5, 0.6) is 5.75 Å². The quantitative estimate of drug-likeness (QED) is 0.934. The van der Waals surface area contributed by atoms with Crippen LogP contribution in [0.4, 0.5) is 5.69 Å². The number of benzene rings is 1. The van der Waals surface area contributed by atoms with E-state index in [0.717, 1.165) is 5.56 Å². The Kier molecular flexibility index (Phi) is 4.46. The van der Waals surface area contributed by atoms with E-state index in [1.54, 1.807) is 31.5 Å². The number of carbonyl (C=O) groups is 2. The number of hydrogen-bond acceptors (Lipinski definition) is 4. The van der Waals surface area contributed by atoms with Gasteiger partial charge in [0.15, 0.2) is 6.10 Å². The molecule has 2 atom stereocenters. The van der Waals surface area contributed by atoms with E-state index < -0.39 is 6.10 Å². The summed E-state index contributed by atoms with van der Waals surface area (Å²) in [5.74, 6) is 0.163. The fourth-order valence-corrected chi connectivity index (χ4v) is 2.69. The molecule has 2 amide bonds. The maximum Gasteiger partial charge on any atom is 0.268 e. The number of amides is 2. The summed E-state index contributed by atoms with van der Waals surface area (Å²) in [6, 6.07) is 10.8. The van der Waals surface area contributed by atoms with Crippen molar-refractivity contribution in [1.82, 2.24) is 10.3 Å². The molecule has 0 bridgehead atoms. The predicted molar refractivity (Wildman–Crippen MR) is 89.7 cm³/mol. The largest absolute Gasteiger partial charge is 0.479 e. The summed E-state index contributed by atoms with van der Waals surface area (Å²) in [5, 5.41) is 2.91. The highest BCUT2D eigenvalue weighted by molar-refractivity contribution is 6.03. The molecule has 6 nitrogen and oxygen atoms in total. The van der Waals surface area contributed by atoms with Crippen LogP contribution >= 0.6 is 0 Å². The van der Waals surface area contributed by atoms with Crippen molar-refractivity contribution >= 4 is 17.5 Å². The molecule has 24 heavy (non-hydrogen) atoms. The van der Waals surface area contributed by atoms with Crippen LogP contribution in [0.3, 0.4) is 0 Å². The topological polar surface area (TPSA) is 71.5 Å². The van der Waals surface area contributed by atoms with Crippen molar-refractivity contribution in [2.75, 3.05) is 11.4 Å². The Morgan fingerprint density at radius 2 is 2.00 bits per heavy atom. The Bertz CT molecular complexity index is 748. The zero-order valence-corrected chi connectivity index (χ0v) is 13.6. The Balaban J connectivity index is 1.73. The van der Waals surface area contributed by atoms with Crippen LogP contribution in [0.1, 0.15) is 25.5 Å². The Labute approximate surface area is 140 Å². The van der Waals surface area contributed by atoms with E-state index in [1.807, 2.05) is 31.2 Å². The van der Waals surface area contributed by atoms with Gasteiger partial charge in [-0.05, 0) is 43.7 Å². The number of nitrogens with zero attached hydrogens (tertiary/aromatic N) is 2. The van der Waals surface area contributed by atoms with Crippen LogP contribution in [0.25, 0.3) is 0 Å². The highest BCUT2D eigenvalue weighted by Gasteiger charge is 2.32. The first-order valence-corrected chi connectivity index (χ1v) is 7.82. The molecule has 2 unspecified atom stereocenters. The third-order valence-electron chi connectivity index (χ3n) is 3.96. The van der Waals surface area contributed by atoms with E-state index >= 15 is 0 Å². The molecular formula is C18H19N3O3. The molecule has 1 aromatic heterocycles. The van der Waals surface area contributed by atoms with Gasteiger partial charge in [0.2, 0.25) is 5.91 Å². The van der Waals surface area contributed by atoms with Gasteiger partial charge in [-0.25, -0.2) is 0 Å². The third-order valence-corrected chi connectivity index (χ3v) is 3.96. The highest BCUT2D eigenvalue weighted by atomic mass is 16.5. The number of pyridine rings is 1. The van der Waals surface area contributed by atoms with Crippen LogP contribution in [0.2, 0.25) is 0 Å². The summed E-state index contributed by atoms with van der Waals surface area (Å²) in [5.41, 5.74) is 1.58. The van der Waals surface area contributed by atoms with Gasteiger partial charge in [0.05, 0.1) is 11.7 Å². The third kappa shape index (κ3) is 3.22. The molecule has 0 aliphatic carbocycles.